The van der Waals surface area contributed by atoms with Crippen LogP contribution in [-0.4, -0.2) is 35.1 Å². The van der Waals surface area contributed by atoms with Gasteiger partial charge in [-0.3, -0.25) is 4.79 Å². The molecule has 1 unspecified atom stereocenters. The van der Waals surface area contributed by atoms with Gasteiger partial charge in [-0.25, -0.2) is 4.39 Å². The third-order valence-electron chi connectivity index (χ3n) is 3.10. The van der Waals surface area contributed by atoms with Crippen LogP contribution in [0, 0.1) is 5.82 Å². The predicted octanol–water partition coefficient (Wildman–Crippen LogP) is 1.00. The van der Waals surface area contributed by atoms with Gasteiger partial charge in [0, 0.05) is 12.1 Å². The van der Waals surface area contributed by atoms with E-state index in [-0.39, 0.29) is 29.8 Å². The molecular weight excluding hydrogens is 223 g/mol. The van der Waals surface area contributed by atoms with E-state index >= 15 is 0 Å². The smallest absolute Gasteiger partial charge is 0.254 e. The lowest BCUT2D eigenvalue weighted by molar-refractivity contribution is 0.0677. The van der Waals surface area contributed by atoms with Gasteiger partial charge < -0.3 is 15.7 Å². The Labute approximate surface area is 98.8 Å². The Hall–Kier alpha value is -1.62. The van der Waals surface area contributed by atoms with Crippen LogP contribution in [0.25, 0.3) is 0 Å². The molecule has 5 heteroatoms. The topological polar surface area (TPSA) is 66.6 Å². The second-order valence-corrected chi connectivity index (χ2v) is 4.21. The van der Waals surface area contributed by atoms with Crippen molar-refractivity contribution >= 4 is 11.6 Å². The lowest BCUT2D eigenvalue weighted by Crippen LogP contribution is -2.37. The number of carbonyl (C=O) groups excluding carboxylic acids is 1. The van der Waals surface area contributed by atoms with Crippen molar-refractivity contribution in [2.24, 2.45) is 0 Å². The Balaban J connectivity index is 2.21. The van der Waals surface area contributed by atoms with Crippen LogP contribution in [0.1, 0.15) is 23.2 Å². The zero-order valence-corrected chi connectivity index (χ0v) is 9.40. The average Bonchev–Trinajstić information content (AvgIpc) is 2.80. The standard InChI is InChI=1S/C12H15FN2O2/c13-10-6-8(3-4-11(10)14)12(17)15-5-1-2-9(15)7-16/h3-4,6,9,16H,1-2,5,7,14H2. The van der Waals surface area contributed by atoms with Gasteiger partial charge in [-0.1, -0.05) is 0 Å². The lowest BCUT2D eigenvalue weighted by atomic mass is 10.1. The fourth-order valence-corrected chi connectivity index (χ4v) is 2.12. The molecule has 1 atom stereocenters. The average molecular weight is 238 g/mol. The molecule has 0 saturated carbocycles. The summed E-state index contributed by atoms with van der Waals surface area (Å²) in [6, 6.07) is 3.88. The number of anilines is 1. The number of nitrogens with two attached hydrogens (primary N) is 1. The van der Waals surface area contributed by atoms with Gasteiger partial charge >= 0.3 is 0 Å². The highest BCUT2D eigenvalue weighted by molar-refractivity contribution is 5.95. The van der Waals surface area contributed by atoms with Crippen LogP contribution in [0.4, 0.5) is 10.1 Å². The zero-order valence-electron chi connectivity index (χ0n) is 9.40. The lowest BCUT2D eigenvalue weighted by Gasteiger charge is -2.23. The summed E-state index contributed by atoms with van der Waals surface area (Å²) < 4.78 is 13.3. The van der Waals surface area contributed by atoms with Gasteiger partial charge in [0.15, 0.2) is 0 Å². The number of halogens is 1. The normalized spacial score (nSPS) is 19.6. The highest BCUT2D eigenvalue weighted by Crippen LogP contribution is 2.21. The van der Waals surface area contributed by atoms with Crippen LogP contribution < -0.4 is 5.73 Å². The summed E-state index contributed by atoms with van der Waals surface area (Å²) in [4.78, 5) is 13.7. The second kappa shape index (κ2) is 4.71. The summed E-state index contributed by atoms with van der Waals surface area (Å²) in [5.74, 6) is -0.837. The molecule has 0 aromatic heterocycles. The number of carbonyl (C=O) groups is 1. The molecule has 0 aliphatic carbocycles. The highest BCUT2D eigenvalue weighted by atomic mass is 19.1. The van der Waals surface area contributed by atoms with Crippen molar-refractivity contribution in [2.45, 2.75) is 18.9 Å². The minimum Gasteiger partial charge on any atom is -0.396 e. The Morgan fingerprint density at radius 2 is 2.35 bits per heavy atom. The van der Waals surface area contributed by atoms with Crippen LogP contribution in [0.2, 0.25) is 0 Å². The second-order valence-electron chi connectivity index (χ2n) is 4.21. The van der Waals surface area contributed by atoms with E-state index < -0.39 is 5.82 Å². The third kappa shape index (κ3) is 2.24. The number of benzene rings is 1. The quantitative estimate of drug-likeness (QED) is 0.755. The van der Waals surface area contributed by atoms with E-state index in [0.717, 1.165) is 18.9 Å². The summed E-state index contributed by atoms with van der Waals surface area (Å²) in [5, 5.41) is 9.14. The third-order valence-corrected chi connectivity index (χ3v) is 3.10. The van der Waals surface area contributed by atoms with E-state index in [4.69, 9.17) is 10.8 Å². The van der Waals surface area contributed by atoms with Crippen LogP contribution in [0.3, 0.4) is 0 Å². The minimum atomic E-state index is -0.587. The Kier molecular flexibility index (Phi) is 3.28. The van der Waals surface area contributed by atoms with Gasteiger partial charge in [-0.05, 0) is 31.0 Å². The van der Waals surface area contributed by atoms with Crippen molar-refractivity contribution in [1.82, 2.24) is 4.90 Å². The molecule has 2 rings (SSSR count). The Morgan fingerprint density at radius 3 is 3.00 bits per heavy atom. The van der Waals surface area contributed by atoms with E-state index in [2.05, 4.69) is 0 Å². The number of aliphatic hydroxyl groups excluding tert-OH is 1. The molecule has 1 aromatic rings. The number of hydrogen-bond acceptors (Lipinski definition) is 3. The molecule has 17 heavy (non-hydrogen) atoms. The number of aliphatic hydroxyl groups is 1. The fourth-order valence-electron chi connectivity index (χ4n) is 2.12. The molecule has 1 amide bonds. The predicted molar refractivity (Wildman–Crippen MR) is 62.0 cm³/mol. The first-order valence-corrected chi connectivity index (χ1v) is 5.60. The maximum atomic E-state index is 13.3. The van der Waals surface area contributed by atoms with Crippen molar-refractivity contribution in [3.8, 4) is 0 Å². The van der Waals surface area contributed by atoms with E-state index in [9.17, 15) is 9.18 Å². The number of amides is 1. The van der Waals surface area contributed by atoms with Crippen LogP contribution >= 0.6 is 0 Å². The molecule has 3 N–H and O–H groups in total. The van der Waals surface area contributed by atoms with Gasteiger partial charge in [0.05, 0.1) is 18.3 Å². The molecule has 1 aromatic carbocycles. The van der Waals surface area contributed by atoms with Crippen LogP contribution in [0.5, 0.6) is 0 Å². The van der Waals surface area contributed by atoms with Crippen molar-refractivity contribution in [2.75, 3.05) is 18.9 Å². The number of likely N-dealkylation sites (tertiary alicyclic amines) is 1. The first-order chi connectivity index (χ1) is 8.13. The van der Waals surface area contributed by atoms with Crippen molar-refractivity contribution in [3.05, 3.63) is 29.6 Å². The number of nitrogens with zero attached hydrogens (tertiary/aromatic N) is 1. The molecule has 92 valence electrons. The molecule has 0 spiro atoms. The number of nitrogen functional groups attached to an aromatic ring is 1. The Morgan fingerprint density at radius 1 is 1.59 bits per heavy atom. The molecule has 1 aliphatic heterocycles. The van der Waals surface area contributed by atoms with Gasteiger partial charge in [0.25, 0.3) is 5.91 Å². The zero-order chi connectivity index (χ0) is 12.4. The van der Waals surface area contributed by atoms with Gasteiger partial charge in [-0.2, -0.15) is 0 Å². The van der Waals surface area contributed by atoms with E-state index in [1.54, 1.807) is 4.90 Å². The number of rotatable bonds is 2. The first kappa shape index (κ1) is 11.9. The van der Waals surface area contributed by atoms with Gasteiger partial charge in [0.1, 0.15) is 5.82 Å². The molecule has 4 nitrogen and oxygen atoms in total. The number of hydrogen-bond donors (Lipinski definition) is 2. The summed E-state index contributed by atoms with van der Waals surface area (Å²) in [7, 11) is 0. The summed E-state index contributed by atoms with van der Waals surface area (Å²) in [6.07, 6.45) is 1.66. The first-order valence-electron chi connectivity index (χ1n) is 5.60. The monoisotopic (exact) mass is 238 g/mol. The fraction of sp³-hybridized carbons (Fsp3) is 0.417. The van der Waals surface area contributed by atoms with Crippen molar-refractivity contribution < 1.29 is 14.3 Å². The van der Waals surface area contributed by atoms with Crippen LogP contribution in [-0.2, 0) is 0 Å². The minimum absolute atomic E-state index is 0.0293. The van der Waals surface area contributed by atoms with Gasteiger partial charge in [-0.15, -0.1) is 0 Å². The molecular formula is C12H15FN2O2. The molecule has 0 bridgehead atoms. The largest absolute Gasteiger partial charge is 0.396 e. The summed E-state index contributed by atoms with van der Waals surface area (Å²) in [6.45, 7) is 0.555. The van der Waals surface area contributed by atoms with Crippen molar-refractivity contribution in [1.29, 1.82) is 0 Å². The molecule has 1 aliphatic rings. The van der Waals surface area contributed by atoms with E-state index in [1.807, 2.05) is 0 Å². The Bertz CT molecular complexity index is 437. The molecule has 1 saturated heterocycles. The molecule has 1 fully saturated rings. The summed E-state index contributed by atoms with van der Waals surface area (Å²) in [5.41, 5.74) is 5.66. The van der Waals surface area contributed by atoms with Crippen molar-refractivity contribution in [3.63, 3.8) is 0 Å². The SMILES string of the molecule is Nc1ccc(C(=O)N2CCCC2CO)cc1F. The molecule has 0 radical (unpaired) electrons. The van der Waals surface area contributed by atoms with Crippen LogP contribution in [0.15, 0.2) is 18.2 Å². The van der Waals surface area contributed by atoms with Gasteiger partial charge in [0.2, 0.25) is 0 Å². The van der Waals surface area contributed by atoms with E-state index in [1.165, 1.54) is 12.1 Å². The highest BCUT2D eigenvalue weighted by Gasteiger charge is 2.28. The maximum absolute atomic E-state index is 13.3. The van der Waals surface area contributed by atoms with E-state index in [0.29, 0.717) is 6.54 Å². The summed E-state index contributed by atoms with van der Waals surface area (Å²) >= 11 is 0. The molecule has 1 heterocycles. The maximum Gasteiger partial charge on any atom is 0.254 e.